The van der Waals surface area contributed by atoms with E-state index in [0.29, 0.717) is 0 Å². The lowest BCUT2D eigenvalue weighted by Crippen LogP contribution is -2.36. The van der Waals surface area contributed by atoms with E-state index in [1.807, 2.05) is 0 Å². The summed E-state index contributed by atoms with van der Waals surface area (Å²) in [6.07, 6.45) is -7.88. The van der Waals surface area contributed by atoms with Gasteiger partial charge in [0.05, 0.1) is 25.9 Å². The normalized spacial score (nSPS) is 36.6. The van der Waals surface area contributed by atoms with Crippen molar-refractivity contribution in [1.82, 2.24) is 39.0 Å². The topological polar surface area (TPSA) is 308 Å². The highest BCUT2D eigenvalue weighted by atomic mass is 31.2. The predicted molar refractivity (Wildman–Crippen MR) is 153 cm³/mol. The van der Waals surface area contributed by atoms with Gasteiger partial charge in [0.1, 0.15) is 48.5 Å². The maximum Gasteiger partial charge on any atom is 0.475 e. The van der Waals surface area contributed by atoms with Gasteiger partial charge in [0, 0.05) is 14.2 Å². The zero-order valence-corrected chi connectivity index (χ0v) is 26.1. The van der Waals surface area contributed by atoms with E-state index < -0.39 is 83.5 Å². The number of ether oxygens (including phenoxy) is 2. The molecule has 254 valence electrons. The minimum absolute atomic E-state index is 0.0464. The van der Waals surface area contributed by atoms with Crippen LogP contribution in [0.5, 0.6) is 0 Å². The maximum atomic E-state index is 13.9. The number of hydrogen-bond donors (Lipinski definition) is 5. The van der Waals surface area contributed by atoms with Crippen LogP contribution >= 0.6 is 15.6 Å². The van der Waals surface area contributed by atoms with Gasteiger partial charge in [-0.25, -0.2) is 29.1 Å². The summed E-state index contributed by atoms with van der Waals surface area (Å²) < 4.78 is 75.0. The number of nitrogens with two attached hydrogens (primary N) is 2. The third-order valence-electron chi connectivity index (χ3n) is 7.75. The average Bonchev–Trinajstić information content (AvgIpc) is 3.81. The molecule has 3 saturated heterocycles. The fourth-order valence-corrected chi connectivity index (χ4v) is 7.72. The van der Waals surface area contributed by atoms with Crippen molar-refractivity contribution in [3.63, 3.8) is 0 Å². The number of aliphatic hydroxyl groups excluding tert-OH is 2. The largest absolute Gasteiger partial charge is 0.475 e. The van der Waals surface area contributed by atoms with E-state index in [-0.39, 0.29) is 34.1 Å². The van der Waals surface area contributed by atoms with Gasteiger partial charge in [-0.3, -0.25) is 46.1 Å². The smallest absolute Gasteiger partial charge is 0.387 e. The third kappa shape index (κ3) is 5.53. The van der Waals surface area contributed by atoms with Crippen molar-refractivity contribution in [2.75, 3.05) is 38.9 Å². The summed E-state index contributed by atoms with van der Waals surface area (Å²) in [5.41, 5.74) is 11.2. The predicted octanol–water partition coefficient (Wildman–Crippen LogP) is -1.03. The van der Waals surface area contributed by atoms with E-state index in [2.05, 4.69) is 29.9 Å². The lowest BCUT2D eigenvalue weighted by molar-refractivity contribution is -0.0690. The molecule has 7 N–H and O–H groups in total. The van der Waals surface area contributed by atoms with Crippen molar-refractivity contribution in [1.29, 1.82) is 0 Å². The number of H-pyrrole nitrogens is 1. The lowest BCUT2D eigenvalue weighted by atomic mass is 10.1. The Bertz CT molecular complexity index is 1970. The van der Waals surface area contributed by atoms with Crippen LogP contribution in [0.25, 0.3) is 22.3 Å². The number of anilines is 2. The number of imidazole rings is 2. The van der Waals surface area contributed by atoms with Crippen LogP contribution in [-0.4, -0.2) is 113 Å². The Hall–Kier alpha value is -3.44. The molecule has 7 rings (SSSR count). The lowest BCUT2D eigenvalue weighted by Gasteiger charge is -2.27. The molecule has 25 heteroatoms. The molecule has 3 fully saturated rings. The second-order valence-corrected chi connectivity index (χ2v) is 13.9. The van der Waals surface area contributed by atoms with Gasteiger partial charge in [-0.2, -0.15) is 4.98 Å². The zero-order chi connectivity index (χ0) is 33.2. The molecule has 0 radical (unpaired) electrons. The van der Waals surface area contributed by atoms with Crippen molar-refractivity contribution in [2.24, 2.45) is 0 Å². The molecular formula is C22H28N10O13P2. The van der Waals surface area contributed by atoms with Crippen molar-refractivity contribution < 1.29 is 56.0 Å². The van der Waals surface area contributed by atoms with Gasteiger partial charge in [-0.15, -0.1) is 0 Å². The highest BCUT2D eigenvalue weighted by Crippen LogP contribution is 2.57. The van der Waals surface area contributed by atoms with E-state index in [0.717, 1.165) is 14.2 Å². The average molecular weight is 702 g/mol. The highest BCUT2D eigenvalue weighted by Gasteiger charge is 2.54. The summed E-state index contributed by atoms with van der Waals surface area (Å²) in [7, 11) is -7.05. The van der Waals surface area contributed by atoms with Gasteiger partial charge >= 0.3 is 15.6 Å². The summed E-state index contributed by atoms with van der Waals surface area (Å²) in [6.45, 7) is -1.27. The number of aromatic nitrogens is 8. The SMILES string of the molecule is COP1(=O)OC[C@H]2O[C@@H](n3cnc4c(=O)[nH]c(N)nc43)C(O)[C@H]2OP(=O)(OC)OC[C@H]2O[C@@H](n3cnc4c(N)ncnc43)C(O1)[C@H]2O. The van der Waals surface area contributed by atoms with E-state index in [1.165, 1.54) is 28.1 Å². The molecule has 4 aromatic rings. The Kier molecular flexibility index (Phi) is 8.14. The first kappa shape index (κ1) is 32.1. The molecule has 10 atom stereocenters. The molecule has 2 bridgehead atoms. The Morgan fingerprint density at radius 2 is 1.47 bits per heavy atom. The second kappa shape index (κ2) is 11.9. The number of phosphoric ester groups is 2. The number of phosphoric acid groups is 2. The van der Waals surface area contributed by atoms with E-state index >= 15 is 0 Å². The molecule has 23 nitrogen and oxygen atoms in total. The summed E-state index contributed by atoms with van der Waals surface area (Å²) >= 11 is 0. The van der Waals surface area contributed by atoms with Crippen LogP contribution < -0.4 is 17.0 Å². The van der Waals surface area contributed by atoms with Crippen molar-refractivity contribution in [2.45, 2.75) is 49.1 Å². The van der Waals surface area contributed by atoms with E-state index in [4.69, 9.17) is 48.1 Å². The third-order valence-corrected chi connectivity index (χ3v) is 10.6. The Morgan fingerprint density at radius 1 is 0.851 bits per heavy atom. The van der Waals surface area contributed by atoms with Crippen LogP contribution in [0.2, 0.25) is 0 Å². The van der Waals surface area contributed by atoms with E-state index in [9.17, 15) is 24.1 Å². The first-order valence-corrected chi connectivity index (χ1v) is 16.7. The first-order valence-electron chi connectivity index (χ1n) is 13.7. The summed E-state index contributed by atoms with van der Waals surface area (Å²) in [4.78, 5) is 35.0. The molecule has 0 aromatic carbocycles. The number of hydrogen-bond acceptors (Lipinski definition) is 20. The first-order chi connectivity index (χ1) is 22.4. The van der Waals surface area contributed by atoms with Gasteiger partial charge in [0.25, 0.3) is 5.56 Å². The van der Waals surface area contributed by atoms with Crippen LogP contribution in [0, 0.1) is 0 Å². The monoisotopic (exact) mass is 702 g/mol. The summed E-state index contributed by atoms with van der Waals surface area (Å²) in [5.74, 6) is -0.163. The quantitative estimate of drug-likeness (QED) is 0.159. The minimum atomic E-state index is -4.58. The van der Waals surface area contributed by atoms with Gasteiger partial charge < -0.3 is 31.2 Å². The number of nitrogen functional groups attached to an aromatic ring is 2. The molecular weight excluding hydrogens is 674 g/mol. The zero-order valence-electron chi connectivity index (χ0n) is 24.3. The van der Waals surface area contributed by atoms with Crippen LogP contribution in [0.1, 0.15) is 12.5 Å². The maximum absolute atomic E-state index is 13.9. The Morgan fingerprint density at radius 3 is 2.17 bits per heavy atom. The fraction of sp³-hybridized carbons (Fsp3) is 0.545. The van der Waals surface area contributed by atoms with Gasteiger partial charge in [0.2, 0.25) is 5.95 Å². The Labute approximate surface area is 262 Å². The van der Waals surface area contributed by atoms with Gasteiger partial charge in [-0.1, -0.05) is 0 Å². The van der Waals surface area contributed by atoms with Crippen molar-refractivity contribution >= 4 is 49.7 Å². The summed E-state index contributed by atoms with van der Waals surface area (Å²) in [5, 5.41) is 22.6. The van der Waals surface area contributed by atoms with Crippen molar-refractivity contribution in [3.8, 4) is 0 Å². The molecule has 3 aliphatic heterocycles. The molecule has 0 saturated carbocycles. The number of nitrogens with zero attached hydrogens (tertiary/aromatic N) is 7. The number of fused-ring (bicyclic) bond motifs is 5. The molecule has 3 aliphatic rings. The number of aliphatic hydroxyl groups is 2. The van der Waals surface area contributed by atoms with Crippen LogP contribution in [0.15, 0.2) is 23.8 Å². The molecule has 0 amide bonds. The molecule has 4 aromatic heterocycles. The molecule has 7 heterocycles. The van der Waals surface area contributed by atoms with Gasteiger partial charge in [0.15, 0.2) is 35.1 Å². The summed E-state index contributed by atoms with van der Waals surface area (Å²) in [6, 6.07) is 0. The number of aromatic amines is 1. The molecule has 4 unspecified atom stereocenters. The number of rotatable bonds is 4. The van der Waals surface area contributed by atoms with Crippen LogP contribution in [0.4, 0.5) is 11.8 Å². The number of nitrogens with one attached hydrogen (secondary N) is 1. The van der Waals surface area contributed by atoms with Gasteiger partial charge in [-0.05, 0) is 0 Å². The molecule has 0 aliphatic carbocycles. The molecule has 47 heavy (non-hydrogen) atoms. The highest BCUT2D eigenvalue weighted by molar-refractivity contribution is 7.48. The minimum Gasteiger partial charge on any atom is -0.387 e. The van der Waals surface area contributed by atoms with Crippen LogP contribution in [-0.2, 0) is 45.7 Å². The molecule has 0 spiro atoms. The van der Waals surface area contributed by atoms with Crippen molar-refractivity contribution in [3.05, 3.63) is 29.3 Å². The standard InChI is InChI=1S/C22H28N10O13P2/c1-38-46(36)40-3-8-12(33)15(21(42-8)31-6-27-10-16(23)25-5-26-17(10)31)45-47(37,39-2)41-4-9-14(44-46)13(34)20(43-9)32-7-28-11-18(32)29-22(24)30-19(11)35/h5-9,12-15,20-21,33-34H,3-4H2,1-2H3,(H2,23,25,26)(H3,24,29,30,35)/t8-,9-,12+,13?,14+,15?,20-,21-,46?,47?/m1/s1. The van der Waals surface area contributed by atoms with E-state index in [1.54, 1.807) is 0 Å². The van der Waals surface area contributed by atoms with Crippen LogP contribution in [0.3, 0.4) is 0 Å². The second-order valence-electron chi connectivity index (χ2n) is 10.5. The Balaban J connectivity index is 1.24. The fourth-order valence-electron chi connectivity index (χ4n) is 5.47.